The molecule has 3 nitrogen and oxygen atoms in total. The van der Waals surface area contributed by atoms with Crippen molar-refractivity contribution in [3.63, 3.8) is 0 Å². The Bertz CT molecular complexity index is 217. The van der Waals surface area contributed by atoms with Gasteiger partial charge in [-0.1, -0.05) is 34.6 Å². The van der Waals surface area contributed by atoms with Crippen LogP contribution in [0.25, 0.3) is 0 Å². The van der Waals surface area contributed by atoms with E-state index >= 15 is 0 Å². The normalized spacial score (nSPS) is 13.4. The van der Waals surface area contributed by atoms with Crippen molar-refractivity contribution in [1.29, 1.82) is 0 Å². The Kier molecular flexibility index (Phi) is 9.08. The lowest BCUT2D eigenvalue weighted by atomic mass is 9.95. The Balaban J connectivity index is 4.23. The van der Waals surface area contributed by atoms with Gasteiger partial charge >= 0.3 is 0 Å². The Labute approximate surface area is 113 Å². The number of hydrogen-bond donors (Lipinski definition) is 2. The lowest BCUT2D eigenvalue weighted by Gasteiger charge is -2.25. The Hall–Kier alpha value is -0.570. The van der Waals surface area contributed by atoms with Crippen LogP contribution in [0.3, 0.4) is 0 Å². The quantitative estimate of drug-likeness (QED) is 0.666. The average Bonchev–Trinajstić information content (AvgIpc) is 2.23. The first-order valence-electron chi connectivity index (χ1n) is 7.40. The van der Waals surface area contributed by atoms with Gasteiger partial charge < -0.3 is 10.6 Å². The van der Waals surface area contributed by atoms with Gasteiger partial charge in [-0.3, -0.25) is 4.79 Å². The summed E-state index contributed by atoms with van der Waals surface area (Å²) in [5.41, 5.74) is 0. The van der Waals surface area contributed by atoms with E-state index in [-0.39, 0.29) is 11.9 Å². The van der Waals surface area contributed by atoms with E-state index in [0.29, 0.717) is 17.9 Å². The van der Waals surface area contributed by atoms with E-state index in [2.05, 4.69) is 45.3 Å². The summed E-state index contributed by atoms with van der Waals surface area (Å²) in [6.07, 6.45) is 3.24. The van der Waals surface area contributed by atoms with Crippen LogP contribution in [0.2, 0.25) is 0 Å². The van der Waals surface area contributed by atoms with Gasteiger partial charge in [0, 0.05) is 12.6 Å². The van der Waals surface area contributed by atoms with E-state index in [4.69, 9.17) is 0 Å². The summed E-state index contributed by atoms with van der Waals surface area (Å²) in [6.45, 7) is 13.7. The highest BCUT2D eigenvalue weighted by Crippen LogP contribution is 2.13. The standard InChI is InChI=1S/C15H32N2O/c1-7-8-16-15(18)13(6)17-14(9-11(2)3)10-12(4)5/h11-14,17H,7-10H2,1-6H3,(H,16,18). The van der Waals surface area contributed by atoms with Crippen molar-refractivity contribution in [3.8, 4) is 0 Å². The zero-order chi connectivity index (χ0) is 14.1. The van der Waals surface area contributed by atoms with Crippen molar-refractivity contribution in [3.05, 3.63) is 0 Å². The van der Waals surface area contributed by atoms with Crippen molar-refractivity contribution in [2.75, 3.05) is 6.54 Å². The second-order valence-corrected chi connectivity index (χ2v) is 6.14. The van der Waals surface area contributed by atoms with Crippen LogP contribution in [0.5, 0.6) is 0 Å². The second-order valence-electron chi connectivity index (χ2n) is 6.14. The van der Waals surface area contributed by atoms with Crippen LogP contribution in [-0.4, -0.2) is 24.5 Å². The molecule has 1 atom stereocenters. The van der Waals surface area contributed by atoms with Crippen molar-refractivity contribution in [1.82, 2.24) is 10.6 Å². The first-order chi connectivity index (χ1) is 8.36. The molecule has 0 bridgehead atoms. The molecule has 0 aromatic rings. The van der Waals surface area contributed by atoms with Gasteiger partial charge in [-0.05, 0) is 38.0 Å². The predicted octanol–water partition coefficient (Wildman–Crippen LogP) is 2.95. The van der Waals surface area contributed by atoms with E-state index in [1.165, 1.54) is 0 Å². The molecule has 0 spiro atoms. The molecule has 0 aromatic carbocycles. The highest BCUT2D eigenvalue weighted by molar-refractivity contribution is 5.81. The van der Waals surface area contributed by atoms with Gasteiger partial charge in [0.1, 0.15) is 0 Å². The van der Waals surface area contributed by atoms with Gasteiger partial charge in [0.2, 0.25) is 5.91 Å². The minimum Gasteiger partial charge on any atom is -0.355 e. The lowest BCUT2D eigenvalue weighted by molar-refractivity contribution is -0.123. The van der Waals surface area contributed by atoms with Gasteiger partial charge in [0.25, 0.3) is 0 Å². The topological polar surface area (TPSA) is 41.1 Å². The van der Waals surface area contributed by atoms with E-state index < -0.39 is 0 Å². The first kappa shape index (κ1) is 17.4. The van der Waals surface area contributed by atoms with Gasteiger partial charge in [-0.25, -0.2) is 0 Å². The summed E-state index contributed by atoms with van der Waals surface area (Å²) in [5, 5.41) is 6.42. The van der Waals surface area contributed by atoms with E-state index in [1.807, 2.05) is 6.92 Å². The number of hydrogen-bond acceptors (Lipinski definition) is 2. The smallest absolute Gasteiger partial charge is 0.236 e. The summed E-state index contributed by atoms with van der Waals surface area (Å²) in [6, 6.07) is 0.339. The maximum absolute atomic E-state index is 11.8. The molecule has 18 heavy (non-hydrogen) atoms. The maximum Gasteiger partial charge on any atom is 0.236 e. The van der Waals surface area contributed by atoms with Crippen molar-refractivity contribution < 1.29 is 4.79 Å². The third-order valence-corrected chi connectivity index (χ3v) is 2.94. The third-order valence-electron chi connectivity index (χ3n) is 2.94. The molecular formula is C15H32N2O. The number of amides is 1. The molecule has 0 aliphatic carbocycles. The molecular weight excluding hydrogens is 224 g/mol. The first-order valence-corrected chi connectivity index (χ1v) is 7.40. The molecule has 0 fully saturated rings. The number of nitrogens with one attached hydrogen (secondary N) is 2. The van der Waals surface area contributed by atoms with E-state index in [9.17, 15) is 4.79 Å². The maximum atomic E-state index is 11.8. The fourth-order valence-electron chi connectivity index (χ4n) is 2.20. The molecule has 0 rings (SSSR count). The van der Waals surface area contributed by atoms with Crippen molar-refractivity contribution in [2.45, 2.75) is 72.9 Å². The molecule has 0 saturated carbocycles. The van der Waals surface area contributed by atoms with Crippen LogP contribution in [0.15, 0.2) is 0 Å². The largest absolute Gasteiger partial charge is 0.355 e. The lowest BCUT2D eigenvalue weighted by Crippen LogP contribution is -2.47. The number of rotatable bonds is 9. The van der Waals surface area contributed by atoms with Gasteiger partial charge in [0.15, 0.2) is 0 Å². The van der Waals surface area contributed by atoms with E-state index in [1.54, 1.807) is 0 Å². The summed E-state index contributed by atoms with van der Waals surface area (Å²) < 4.78 is 0. The average molecular weight is 256 g/mol. The number of carbonyl (C=O) groups excluding carboxylic acids is 1. The van der Waals surface area contributed by atoms with Gasteiger partial charge in [0.05, 0.1) is 6.04 Å². The zero-order valence-electron chi connectivity index (χ0n) is 13.0. The van der Waals surface area contributed by atoms with E-state index in [0.717, 1.165) is 25.8 Å². The fraction of sp³-hybridized carbons (Fsp3) is 0.933. The van der Waals surface area contributed by atoms with Gasteiger partial charge in [-0.2, -0.15) is 0 Å². The molecule has 1 unspecified atom stereocenters. The zero-order valence-corrected chi connectivity index (χ0v) is 13.0. The summed E-state index contributed by atoms with van der Waals surface area (Å²) in [5.74, 6) is 1.44. The van der Waals surface area contributed by atoms with Crippen LogP contribution < -0.4 is 10.6 Å². The molecule has 2 N–H and O–H groups in total. The Morgan fingerprint density at radius 2 is 1.50 bits per heavy atom. The van der Waals surface area contributed by atoms with Crippen LogP contribution in [0.1, 0.15) is 60.8 Å². The van der Waals surface area contributed by atoms with Crippen molar-refractivity contribution >= 4 is 5.91 Å². The molecule has 3 heteroatoms. The Morgan fingerprint density at radius 1 is 1.00 bits per heavy atom. The molecule has 1 amide bonds. The molecule has 0 aliphatic heterocycles. The van der Waals surface area contributed by atoms with Crippen molar-refractivity contribution in [2.24, 2.45) is 11.8 Å². The minimum atomic E-state index is -0.0981. The van der Waals surface area contributed by atoms with Crippen LogP contribution in [0, 0.1) is 11.8 Å². The van der Waals surface area contributed by atoms with Crippen LogP contribution in [-0.2, 0) is 4.79 Å². The number of carbonyl (C=O) groups is 1. The molecule has 0 heterocycles. The Morgan fingerprint density at radius 3 is 1.89 bits per heavy atom. The molecule has 0 radical (unpaired) electrons. The summed E-state index contributed by atoms with van der Waals surface area (Å²) >= 11 is 0. The molecule has 0 aliphatic rings. The fourth-order valence-corrected chi connectivity index (χ4v) is 2.20. The SMILES string of the molecule is CCCNC(=O)C(C)NC(CC(C)C)CC(C)C. The summed E-state index contributed by atoms with van der Waals surface area (Å²) in [7, 11) is 0. The second kappa shape index (κ2) is 9.37. The third kappa shape index (κ3) is 8.51. The molecule has 0 aromatic heterocycles. The molecule has 0 saturated heterocycles. The molecule has 108 valence electrons. The monoisotopic (exact) mass is 256 g/mol. The van der Waals surface area contributed by atoms with Gasteiger partial charge in [-0.15, -0.1) is 0 Å². The highest BCUT2D eigenvalue weighted by atomic mass is 16.2. The predicted molar refractivity (Wildman–Crippen MR) is 78.6 cm³/mol. The van der Waals surface area contributed by atoms with Crippen LogP contribution >= 0.6 is 0 Å². The minimum absolute atomic E-state index is 0.0981. The highest BCUT2D eigenvalue weighted by Gasteiger charge is 2.19. The summed E-state index contributed by atoms with van der Waals surface area (Å²) in [4.78, 5) is 11.8. The van der Waals surface area contributed by atoms with Crippen LogP contribution in [0.4, 0.5) is 0 Å².